The predicted molar refractivity (Wildman–Crippen MR) is 76.3 cm³/mol. The Morgan fingerprint density at radius 2 is 2.05 bits per heavy atom. The van der Waals surface area contributed by atoms with Crippen molar-refractivity contribution in [1.29, 1.82) is 0 Å². The highest BCUT2D eigenvalue weighted by molar-refractivity contribution is 9.10. The van der Waals surface area contributed by atoms with Crippen LogP contribution in [0.2, 0.25) is 0 Å². The van der Waals surface area contributed by atoms with Gasteiger partial charge in [0.25, 0.3) is 0 Å². The summed E-state index contributed by atoms with van der Waals surface area (Å²) in [5.41, 5.74) is -0.0701. The first-order valence-corrected chi connectivity index (χ1v) is 6.62. The van der Waals surface area contributed by atoms with Gasteiger partial charge in [-0.25, -0.2) is 4.79 Å². The quantitative estimate of drug-likeness (QED) is 0.475. The van der Waals surface area contributed by atoms with Crippen LogP contribution >= 0.6 is 15.9 Å². The van der Waals surface area contributed by atoms with Crippen LogP contribution in [0.4, 0.5) is 10.1 Å². The fourth-order valence-electron chi connectivity index (χ4n) is 1.64. The van der Waals surface area contributed by atoms with Gasteiger partial charge >= 0.3 is 11.7 Å². The number of carbonyl (C=O) groups is 1. The van der Waals surface area contributed by atoms with Crippen molar-refractivity contribution < 1.29 is 18.8 Å². The first kappa shape index (κ1) is 15.1. The lowest BCUT2D eigenvalue weighted by Gasteiger charge is -2.05. The lowest BCUT2D eigenvalue weighted by molar-refractivity contribution is -0.387. The van der Waals surface area contributed by atoms with Crippen molar-refractivity contribution in [3.8, 4) is 0 Å². The Labute approximate surface area is 127 Å². The lowest BCUT2D eigenvalue weighted by Crippen LogP contribution is -2.06. The summed E-state index contributed by atoms with van der Waals surface area (Å²) in [5.74, 6) is -1.75. The van der Waals surface area contributed by atoms with Crippen molar-refractivity contribution >= 4 is 27.6 Å². The minimum atomic E-state index is -0.997. The van der Waals surface area contributed by atoms with Gasteiger partial charge in [0.1, 0.15) is 6.61 Å². The van der Waals surface area contributed by atoms with Gasteiger partial charge in [0.2, 0.25) is 5.82 Å². The highest BCUT2D eigenvalue weighted by Gasteiger charge is 2.18. The van der Waals surface area contributed by atoms with E-state index in [2.05, 4.69) is 15.9 Å². The number of hydrogen-bond acceptors (Lipinski definition) is 4. The Hall–Kier alpha value is -2.28. The van der Waals surface area contributed by atoms with Crippen molar-refractivity contribution in [1.82, 2.24) is 0 Å². The van der Waals surface area contributed by atoms with Crippen LogP contribution in [0.15, 0.2) is 46.9 Å². The van der Waals surface area contributed by atoms with Crippen LogP contribution < -0.4 is 0 Å². The van der Waals surface area contributed by atoms with Gasteiger partial charge in [-0.15, -0.1) is 0 Å². The fraction of sp³-hybridized carbons (Fsp3) is 0.0714. The summed E-state index contributed by atoms with van der Waals surface area (Å²) in [6, 6.07) is 10.0. The highest BCUT2D eigenvalue weighted by atomic mass is 79.9. The molecule has 0 aliphatic heterocycles. The molecule has 0 fully saturated rings. The van der Waals surface area contributed by atoms with Crippen molar-refractivity contribution in [3.63, 3.8) is 0 Å². The first-order chi connectivity index (χ1) is 9.97. The predicted octanol–water partition coefficient (Wildman–Crippen LogP) is 3.85. The number of esters is 1. The molecule has 2 aromatic rings. The Bertz CT molecular complexity index is 705. The Morgan fingerprint density at radius 1 is 1.29 bits per heavy atom. The number of hydrogen-bond donors (Lipinski definition) is 0. The van der Waals surface area contributed by atoms with E-state index in [4.69, 9.17) is 4.74 Å². The van der Waals surface area contributed by atoms with Crippen LogP contribution in [0.5, 0.6) is 0 Å². The standard InChI is InChI=1S/C14H9BrFNO4/c15-11-3-1-2-9(6-11)8-21-14(18)10-4-5-12(16)13(7-10)17(19)20/h1-7H,8H2. The summed E-state index contributed by atoms with van der Waals surface area (Å²) < 4.78 is 19.1. The van der Waals surface area contributed by atoms with E-state index >= 15 is 0 Å². The van der Waals surface area contributed by atoms with Crippen molar-refractivity contribution in [2.75, 3.05) is 0 Å². The molecule has 0 bridgehead atoms. The van der Waals surface area contributed by atoms with E-state index in [1.807, 2.05) is 6.07 Å². The Morgan fingerprint density at radius 3 is 2.71 bits per heavy atom. The van der Waals surface area contributed by atoms with Crippen LogP contribution in [-0.2, 0) is 11.3 Å². The molecular weight excluding hydrogens is 345 g/mol. The van der Waals surface area contributed by atoms with Gasteiger partial charge in [0.15, 0.2) is 0 Å². The molecule has 0 saturated carbocycles. The fourth-order valence-corrected chi connectivity index (χ4v) is 2.09. The molecule has 0 spiro atoms. The summed E-state index contributed by atoms with van der Waals surface area (Å²) >= 11 is 3.29. The number of benzene rings is 2. The lowest BCUT2D eigenvalue weighted by atomic mass is 10.2. The van der Waals surface area contributed by atoms with E-state index in [-0.39, 0.29) is 12.2 Å². The second-order valence-corrected chi connectivity index (χ2v) is 5.05. The Balaban J connectivity index is 2.10. The molecule has 2 aromatic carbocycles. The van der Waals surface area contributed by atoms with E-state index in [9.17, 15) is 19.3 Å². The van der Waals surface area contributed by atoms with Gasteiger partial charge in [-0.3, -0.25) is 10.1 Å². The average molecular weight is 354 g/mol. The van der Waals surface area contributed by atoms with Crippen molar-refractivity contribution in [2.45, 2.75) is 6.61 Å². The van der Waals surface area contributed by atoms with Crippen LogP contribution in [0.25, 0.3) is 0 Å². The maximum Gasteiger partial charge on any atom is 0.338 e. The number of rotatable bonds is 4. The number of halogens is 2. The maximum atomic E-state index is 13.2. The Kier molecular flexibility index (Phi) is 4.64. The van der Waals surface area contributed by atoms with Crippen molar-refractivity contribution in [3.05, 3.63) is 74.0 Å². The molecule has 108 valence electrons. The van der Waals surface area contributed by atoms with E-state index < -0.39 is 22.4 Å². The number of nitro benzene ring substituents is 1. The van der Waals surface area contributed by atoms with Crippen LogP contribution in [-0.4, -0.2) is 10.9 Å². The number of nitro groups is 1. The number of carbonyl (C=O) groups excluding carboxylic acids is 1. The molecule has 0 N–H and O–H groups in total. The zero-order chi connectivity index (χ0) is 15.4. The molecule has 0 aromatic heterocycles. The summed E-state index contributed by atoms with van der Waals surface area (Å²) in [4.78, 5) is 21.5. The van der Waals surface area contributed by atoms with Gasteiger partial charge < -0.3 is 4.74 Å². The molecule has 0 atom stereocenters. The second-order valence-electron chi connectivity index (χ2n) is 4.13. The molecular formula is C14H9BrFNO4. The highest BCUT2D eigenvalue weighted by Crippen LogP contribution is 2.19. The van der Waals surface area contributed by atoms with Crippen LogP contribution in [0, 0.1) is 15.9 Å². The molecule has 0 aliphatic rings. The third-order valence-corrected chi connectivity index (χ3v) is 3.13. The van der Waals surface area contributed by atoms with Crippen LogP contribution in [0.3, 0.4) is 0 Å². The number of ether oxygens (including phenoxy) is 1. The SMILES string of the molecule is O=C(OCc1cccc(Br)c1)c1ccc(F)c([N+](=O)[O-])c1. The molecule has 21 heavy (non-hydrogen) atoms. The van der Waals surface area contributed by atoms with Gasteiger partial charge in [0, 0.05) is 10.5 Å². The molecule has 0 radical (unpaired) electrons. The maximum absolute atomic E-state index is 13.2. The molecule has 0 unspecified atom stereocenters. The molecule has 0 saturated heterocycles. The van der Waals surface area contributed by atoms with Gasteiger partial charge in [0.05, 0.1) is 10.5 Å². The summed E-state index contributed by atoms with van der Waals surface area (Å²) in [7, 11) is 0. The van der Waals surface area contributed by atoms with Gasteiger partial charge in [-0.2, -0.15) is 4.39 Å². The summed E-state index contributed by atoms with van der Waals surface area (Å²) in [6.07, 6.45) is 0. The smallest absolute Gasteiger partial charge is 0.338 e. The summed E-state index contributed by atoms with van der Waals surface area (Å²) in [5, 5.41) is 10.6. The molecule has 5 nitrogen and oxygen atoms in total. The zero-order valence-electron chi connectivity index (χ0n) is 10.6. The molecule has 2 rings (SSSR count). The normalized spacial score (nSPS) is 10.2. The molecule has 0 heterocycles. The minimum Gasteiger partial charge on any atom is -0.457 e. The van der Waals surface area contributed by atoms with E-state index in [1.54, 1.807) is 18.2 Å². The molecule has 7 heteroatoms. The van der Waals surface area contributed by atoms with Gasteiger partial charge in [-0.05, 0) is 29.8 Å². The topological polar surface area (TPSA) is 69.4 Å². The third-order valence-electron chi connectivity index (χ3n) is 2.64. The van der Waals surface area contributed by atoms with E-state index in [0.717, 1.165) is 28.2 Å². The number of nitrogens with zero attached hydrogens (tertiary/aromatic N) is 1. The van der Waals surface area contributed by atoms with Crippen LogP contribution in [0.1, 0.15) is 15.9 Å². The molecule has 0 amide bonds. The largest absolute Gasteiger partial charge is 0.457 e. The van der Waals surface area contributed by atoms with Gasteiger partial charge in [-0.1, -0.05) is 28.1 Å². The zero-order valence-corrected chi connectivity index (χ0v) is 12.2. The minimum absolute atomic E-state index is 0.0173. The van der Waals surface area contributed by atoms with E-state index in [0.29, 0.717) is 0 Å². The average Bonchev–Trinajstić information content (AvgIpc) is 2.45. The third kappa shape index (κ3) is 3.85. The van der Waals surface area contributed by atoms with E-state index in [1.165, 1.54) is 0 Å². The first-order valence-electron chi connectivity index (χ1n) is 5.83. The van der Waals surface area contributed by atoms with Crippen molar-refractivity contribution in [2.24, 2.45) is 0 Å². The monoisotopic (exact) mass is 353 g/mol. The molecule has 0 aliphatic carbocycles. The second kappa shape index (κ2) is 6.45. The summed E-state index contributed by atoms with van der Waals surface area (Å²) in [6.45, 7) is 0.0173.